The molecule has 0 unspecified atom stereocenters. The van der Waals surface area contributed by atoms with Gasteiger partial charge >= 0.3 is 0 Å². The van der Waals surface area contributed by atoms with E-state index in [0.29, 0.717) is 11.8 Å². The summed E-state index contributed by atoms with van der Waals surface area (Å²) < 4.78 is 0. The molecule has 2 aromatic carbocycles. The molecule has 1 saturated carbocycles. The first kappa shape index (κ1) is 18.9. The molecule has 3 heteroatoms. The van der Waals surface area contributed by atoms with E-state index in [2.05, 4.69) is 43.9 Å². The van der Waals surface area contributed by atoms with Crippen molar-refractivity contribution < 1.29 is 10.2 Å². The third-order valence-corrected chi connectivity index (χ3v) is 5.68. The lowest BCUT2D eigenvalue weighted by molar-refractivity contribution is 0.0664. The minimum Gasteiger partial charge on any atom is -0.508 e. The van der Waals surface area contributed by atoms with Gasteiger partial charge in [0, 0.05) is 19.1 Å². The van der Waals surface area contributed by atoms with Crippen LogP contribution in [-0.4, -0.2) is 27.3 Å². The fraction of sp³-hybridized carbons (Fsp3) is 0.478. The van der Waals surface area contributed by atoms with Gasteiger partial charge in [0.15, 0.2) is 0 Å². The van der Waals surface area contributed by atoms with Crippen molar-refractivity contribution in [2.45, 2.75) is 71.7 Å². The second kappa shape index (κ2) is 8.24. The molecule has 0 aromatic heterocycles. The van der Waals surface area contributed by atoms with Crippen LogP contribution in [0, 0.1) is 20.8 Å². The van der Waals surface area contributed by atoms with Crippen molar-refractivity contribution in [1.29, 1.82) is 0 Å². The number of benzene rings is 2. The molecular formula is C23H31NO2. The first-order valence-electron chi connectivity index (χ1n) is 9.69. The fourth-order valence-corrected chi connectivity index (χ4v) is 4.29. The number of phenolic OH excluding ortho intramolecular Hbond substituents is 1. The van der Waals surface area contributed by atoms with Crippen LogP contribution in [0.1, 0.15) is 53.5 Å². The third kappa shape index (κ3) is 4.66. The van der Waals surface area contributed by atoms with Crippen LogP contribution in [0.15, 0.2) is 36.4 Å². The van der Waals surface area contributed by atoms with Gasteiger partial charge in [-0.1, -0.05) is 29.8 Å². The van der Waals surface area contributed by atoms with Gasteiger partial charge in [0.1, 0.15) is 5.75 Å². The summed E-state index contributed by atoms with van der Waals surface area (Å²) in [4.78, 5) is 2.53. The molecule has 3 rings (SSSR count). The van der Waals surface area contributed by atoms with Crippen LogP contribution in [0.4, 0.5) is 0 Å². The Morgan fingerprint density at radius 3 is 2.19 bits per heavy atom. The summed E-state index contributed by atoms with van der Waals surface area (Å²) >= 11 is 0. The highest BCUT2D eigenvalue weighted by atomic mass is 16.3. The van der Waals surface area contributed by atoms with Gasteiger partial charge in [-0.05, 0) is 80.8 Å². The van der Waals surface area contributed by atoms with Crippen molar-refractivity contribution in [2.24, 2.45) is 0 Å². The van der Waals surface area contributed by atoms with Crippen LogP contribution >= 0.6 is 0 Å². The molecule has 0 heterocycles. The predicted molar refractivity (Wildman–Crippen MR) is 106 cm³/mol. The van der Waals surface area contributed by atoms with Crippen LogP contribution in [0.3, 0.4) is 0 Å². The Balaban J connectivity index is 1.85. The number of rotatable bonds is 5. The Bertz CT molecular complexity index is 725. The van der Waals surface area contributed by atoms with Crippen molar-refractivity contribution in [3.05, 3.63) is 64.2 Å². The molecule has 1 aliphatic rings. The maximum absolute atomic E-state index is 9.89. The van der Waals surface area contributed by atoms with Gasteiger partial charge in [-0.3, -0.25) is 4.90 Å². The highest BCUT2D eigenvalue weighted by Crippen LogP contribution is 2.28. The van der Waals surface area contributed by atoms with Gasteiger partial charge in [-0.15, -0.1) is 0 Å². The van der Waals surface area contributed by atoms with E-state index in [-0.39, 0.29) is 6.10 Å². The van der Waals surface area contributed by atoms with Crippen molar-refractivity contribution in [2.75, 3.05) is 0 Å². The number of nitrogens with zero attached hydrogens (tertiary/aromatic N) is 1. The van der Waals surface area contributed by atoms with Gasteiger partial charge in [0.2, 0.25) is 0 Å². The number of aliphatic hydroxyl groups excluding tert-OH is 1. The summed E-state index contributed by atoms with van der Waals surface area (Å²) in [7, 11) is 0. The molecule has 2 N–H and O–H groups in total. The van der Waals surface area contributed by atoms with Gasteiger partial charge in [0.05, 0.1) is 6.10 Å². The zero-order valence-corrected chi connectivity index (χ0v) is 16.2. The van der Waals surface area contributed by atoms with Crippen molar-refractivity contribution in [3.63, 3.8) is 0 Å². The molecule has 0 bridgehead atoms. The average Bonchev–Trinajstić information content (AvgIpc) is 2.58. The van der Waals surface area contributed by atoms with Crippen LogP contribution < -0.4 is 0 Å². The largest absolute Gasteiger partial charge is 0.508 e. The lowest BCUT2D eigenvalue weighted by Crippen LogP contribution is -2.38. The van der Waals surface area contributed by atoms with Gasteiger partial charge < -0.3 is 10.2 Å². The Morgan fingerprint density at radius 2 is 1.58 bits per heavy atom. The number of phenols is 1. The first-order valence-corrected chi connectivity index (χ1v) is 9.69. The van der Waals surface area contributed by atoms with Gasteiger partial charge in [-0.25, -0.2) is 0 Å². The van der Waals surface area contributed by atoms with Crippen molar-refractivity contribution in [3.8, 4) is 5.75 Å². The van der Waals surface area contributed by atoms with Crippen molar-refractivity contribution >= 4 is 0 Å². The average molecular weight is 354 g/mol. The minimum absolute atomic E-state index is 0.142. The van der Waals surface area contributed by atoms with Gasteiger partial charge in [0.25, 0.3) is 0 Å². The van der Waals surface area contributed by atoms with E-state index in [4.69, 9.17) is 0 Å². The normalized spacial score (nSPS) is 20.5. The standard InChI is InChI=1S/C23H31NO2/c1-16-11-17(2)23(18(3)12-16)15-24(20-7-9-21(25)10-8-20)14-19-5-4-6-22(26)13-19/h4-6,11-13,20-21,25-26H,7-10,14-15H2,1-3H3. The molecule has 0 aliphatic heterocycles. The van der Waals surface area contributed by atoms with Gasteiger partial charge in [-0.2, -0.15) is 0 Å². The van der Waals surface area contributed by atoms with E-state index in [0.717, 1.165) is 44.3 Å². The number of aryl methyl sites for hydroxylation is 3. The highest BCUT2D eigenvalue weighted by molar-refractivity contribution is 5.37. The van der Waals surface area contributed by atoms with E-state index in [1.165, 1.54) is 22.3 Å². The van der Waals surface area contributed by atoms with E-state index in [1.54, 1.807) is 6.07 Å². The van der Waals surface area contributed by atoms with E-state index in [9.17, 15) is 10.2 Å². The number of aliphatic hydroxyl groups is 1. The van der Waals surface area contributed by atoms with Crippen LogP contribution in [0.25, 0.3) is 0 Å². The summed E-state index contributed by atoms with van der Waals surface area (Å²) in [6.45, 7) is 8.28. The fourth-order valence-electron chi connectivity index (χ4n) is 4.29. The van der Waals surface area contributed by atoms with E-state index >= 15 is 0 Å². The molecule has 2 aromatic rings. The maximum atomic E-state index is 9.89. The number of hydrogen-bond acceptors (Lipinski definition) is 3. The molecule has 0 atom stereocenters. The minimum atomic E-state index is -0.142. The molecule has 1 aliphatic carbocycles. The first-order chi connectivity index (χ1) is 12.4. The maximum Gasteiger partial charge on any atom is 0.115 e. The topological polar surface area (TPSA) is 43.7 Å². The monoisotopic (exact) mass is 353 g/mol. The molecule has 140 valence electrons. The summed E-state index contributed by atoms with van der Waals surface area (Å²) in [6.07, 6.45) is 3.69. The van der Waals surface area contributed by atoms with E-state index in [1.807, 2.05) is 12.1 Å². The zero-order valence-electron chi connectivity index (χ0n) is 16.2. The molecule has 0 amide bonds. The number of hydrogen-bond donors (Lipinski definition) is 2. The van der Waals surface area contributed by atoms with Crippen molar-refractivity contribution in [1.82, 2.24) is 4.90 Å². The molecule has 0 radical (unpaired) electrons. The summed E-state index contributed by atoms with van der Waals surface area (Å²) in [6, 6.07) is 12.6. The Hall–Kier alpha value is -1.84. The third-order valence-electron chi connectivity index (χ3n) is 5.68. The Kier molecular flexibility index (Phi) is 6.00. The van der Waals surface area contributed by atoms with E-state index < -0.39 is 0 Å². The molecule has 0 spiro atoms. The summed E-state index contributed by atoms with van der Waals surface area (Å²) in [5.74, 6) is 0.323. The highest BCUT2D eigenvalue weighted by Gasteiger charge is 2.26. The number of aromatic hydroxyl groups is 1. The van der Waals surface area contributed by atoms with Crippen LogP contribution in [0.5, 0.6) is 5.75 Å². The van der Waals surface area contributed by atoms with Crippen LogP contribution in [-0.2, 0) is 13.1 Å². The molecule has 0 saturated heterocycles. The Morgan fingerprint density at radius 1 is 0.923 bits per heavy atom. The summed E-state index contributed by atoms with van der Waals surface area (Å²) in [5, 5.41) is 19.7. The molecule has 26 heavy (non-hydrogen) atoms. The smallest absolute Gasteiger partial charge is 0.115 e. The second-order valence-corrected chi connectivity index (χ2v) is 7.91. The quantitative estimate of drug-likeness (QED) is 0.824. The Labute approximate surface area is 157 Å². The molecule has 1 fully saturated rings. The summed E-state index contributed by atoms with van der Waals surface area (Å²) in [5.41, 5.74) is 6.54. The molecule has 3 nitrogen and oxygen atoms in total. The lowest BCUT2D eigenvalue weighted by atomic mass is 9.90. The van der Waals surface area contributed by atoms with Crippen LogP contribution in [0.2, 0.25) is 0 Å². The SMILES string of the molecule is Cc1cc(C)c(CN(Cc2cccc(O)c2)C2CCC(O)CC2)c(C)c1. The lowest BCUT2D eigenvalue weighted by Gasteiger charge is -2.36. The molecular weight excluding hydrogens is 322 g/mol. The predicted octanol–water partition coefficient (Wildman–Crippen LogP) is 4.62. The second-order valence-electron chi connectivity index (χ2n) is 7.91. The zero-order chi connectivity index (χ0) is 18.7.